The fourth-order valence-corrected chi connectivity index (χ4v) is 5.16. The molecule has 1 aromatic carbocycles. The van der Waals surface area contributed by atoms with E-state index in [9.17, 15) is 0 Å². The van der Waals surface area contributed by atoms with Crippen molar-refractivity contribution in [3.8, 4) is 0 Å². The number of nitrogens with zero attached hydrogens (tertiary/aromatic N) is 3. The molecule has 0 aliphatic carbocycles. The molecule has 31 heavy (non-hydrogen) atoms. The molecule has 0 radical (unpaired) electrons. The quantitative estimate of drug-likeness (QED) is 0.681. The zero-order valence-electron chi connectivity index (χ0n) is 19.5. The molecule has 1 atom stereocenters. The standard InChI is InChI=1S/C27H40N4/c1-22(2)18-23-8-10-24(11-9-23)19-31-15-5-7-27(21-31)29-25-12-16-30(17-13-25)20-26-6-3-4-14-28-26/h3-4,6,8-11,14,22,25,27,29H,5,7,12-13,15-21H2,1-2H3/t27-/m0/s1. The molecule has 4 nitrogen and oxygen atoms in total. The van der Waals surface area contributed by atoms with Crippen molar-refractivity contribution in [3.05, 3.63) is 65.5 Å². The maximum absolute atomic E-state index is 4.48. The molecule has 168 valence electrons. The smallest absolute Gasteiger partial charge is 0.0543 e. The zero-order valence-corrected chi connectivity index (χ0v) is 19.5. The molecular formula is C27H40N4. The summed E-state index contributed by atoms with van der Waals surface area (Å²) in [6.07, 6.45) is 8.20. The second kappa shape index (κ2) is 11.2. The minimum absolute atomic E-state index is 0.640. The first-order chi connectivity index (χ1) is 15.1. The highest BCUT2D eigenvalue weighted by Crippen LogP contribution is 2.19. The summed E-state index contributed by atoms with van der Waals surface area (Å²) in [6, 6.07) is 16.9. The van der Waals surface area contributed by atoms with Crippen molar-refractivity contribution in [2.75, 3.05) is 26.2 Å². The summed E-state index contributed by atoms with van der Waals surface area (Å²) in [6.45, 7) is 11.4. The van der Waals surface area contributed by atoms with Crippen molar-refractivity contribution in [2.45, 2.75) is 71.1 Å². The molecule has 2 aliphatic rings. The lowest BCUT2D eigenvalue weighted by Gasteiger charge is -2.38. The van der Waals surface area contributed by atoms with E-state index in [1.54, 1.807) is 0 Å². The summed E-state index contributed by atoms with van der Waals surface area (Å²) >= 11 is 0. The van der Waals surface area contributed by atoms with E-state index < -0.39 is 0 Å². The van der Waals surface area contributed by atoms with Crippen LogP contribution in [-0.2, 0) is 19.5 Å². The third-order valence-electron chi connectivity index (χ3n) is 6.75. The number of pyridine rings is 1. The summed E-state index contributed by atoms with van der Waals surface area (Å²) in [5.41, 5.74) is 4.11. The van der Waals surface area contributed by atoms with E-state index in [1.165, 1.54) is 75.1 Å². The first-order valence-electron chi connectivity index (χ1n) is 12.3. The van der Waals surface area contributed by atoms with Gasteiger partial charge in [-0.15, -0.1) is 0 Å². The maximum Gasteiger partial charge on any atom is 0.0543 e. The van der Waals surface area contributed by atoms with Crippen molar-refractivity contribution < 1.29 is 0 Å². The van der Waals surface area contributed by atoms with Crippen molar-refractivity contribution in [1.82, 2.24) is 20.1 Å². The molecule has 0 amide bonds. The van der Waals surface area contributed by atoms with Crippen LogP contribution in [0.15, 0.2) is 48.7 Å². The third-order valence-corrected chi connectivity index (χ3v) is 6.75. The zero-order chi connectivity index (χ0) is 21.5. The second-order valence-corrected chi connectivity index (χ2v) is 10.0. The molecule has 2 saturated heterocycles. The Morgan fingerprint density at radius 1 is 0.871 bits per heavy atom. The molecular weight excluding hydrogens is 380 g/mol. The number of hydrogen-bond acceptors (Lipinski definition) is 4. The van der Waals surface area contributed by atoms with Crippen LogP contribution >= 0.6 is 0 Å². The normalized spacial score (nSPS) is 21.6. The van der Waals surface area contributed by atoms with Crippen molar-refractivity contribution in [2.24, 2.45) is 5.92 Å². The van der Waals surface area contributed by atoms with Gasteiger partial charge in [-0.3, -0.25) is 14.8 Å². The SMILES string of the molecule is CC(C)Cc1ccc(CN2CCC[C@H](NC3CCN(Cc4ccccn4)CC3)C2)cc1. The van der Waals surface area contributed by atoms with Crippen LogP contribution in [-0.4, -0.2) is 53.0 Å². The van der Waals surface area contributed by atoms with Gasteiger partial charge in [0, 0.05) is 51.0 Å². The van der Waals surface area contributed by atoms with Crippen LogP contribution in [0.4, 0.5) is 0 Å². The van der Waals surface area contributed by atoms with E-state index >= 15 is 0 Å². The summed E-state index contributed by atoms with van der Waals surface area (Å²) in [5.74, 6) is 0.724. The lowest BCUT2D eigenvalue weighted by molar-refractivity contribution is 0.146. The maximum atomic E-state index is 4.48. The van der Waals surface area contributed by atoms with Gasteiger partial charge in [-0.2, -0.15) is 0 Å². The Kier molecular flexibility index (Phi) is 8.12. The molecule has 0 saturated carbocycles. The number of piperidine rings is 2. The van der Waals surface area contributed by atoms with Gasteiger partial charge in [0.15, 0.2) is 0 Å². The topological polar surface area (TPSA) is 31.4 Å². The molecule has 3 heterocycles. The molecule has 2 aromatic rings. The summed E-state index contributed by atoms with van der Waals surface area (Å²) in [4.78, 5) is 9.68. The highest BCUT2D eigenvalue weighted by molar-refractivity contribution is 5.23. The summed E-state index contributed by atoms with van der Waals surface area (Å²) in [7, 11) is 0. The van der Waals surface area contributed by atoms with E-state index in [1.807, 2.05) is 12.3 Å². The van der Waals surface area contributed by atoms with E-state index in [0.717, 1.165) is 19.0 Å². The van der Waals surface area contributed by atoms with Crippen molar-refractivity contribution in [1.29, 1.82) is 0 Å². The van der Waals surface area contributed by atoms with Crippen LogP contribution in [0.5, 0.6) is 0 Å². The molecule has 0 unspecified atom stereocenters. The summed E-state index contributed by atoms with van der Waals surface area (Å²) in [5, 5.41) is 4.00. The average molecular weight is 421 g/mol. The lowest BCUT2D eigenvalue weighted by Crippen LogP contribution is -2.51. The Balaban J connectivity index is 1.20. The molecule has 1 N–H and O–H groups in total. The predicted molar refractivity (Wildman–Crippen MR) is 129 cm³/mol. The van der Waals surface area contributed by atoms with Gasteiger partial charge in [0.05, 0.1) is 5.69 Å². The first-order valence-corrected chi connectivity index (χ1v) is 12.3. The van der Waals surface area contributed by atoms with Gasteiger partial charge in [0.25, 0.3) is 0 Å². The molecule has 1 aromatic heterocycles. The van der Waals surface area contributed by atoms with Crippen LogP contribution in [0.3, 0.4) is 0 Å². The molecule has 2 aliphatic heterocycles. The predicted octanol–water partition coefficient (Wildman–Crippen LogP) is 4.50. The number of hydrogen-bond donors (Lipinski definition) is 1. The van der Waals surface area contributed by atoms with Gasteiger partial charge in [-0.05, 0) is 67.8 Å². The third kappa shape index (κ3) is 7.13. The lowest BCUT2D eigenvalue weighted by atomic mass is 9.99. The van der Waals surface area contributed by atoms with Gasteiger partial charge in [-0.25, -0.2) is 0 Å². The van der Waals surface area contributed by atoms with Crippen LogP contribution in [0.1, 0.15) is 56.4 Å². The number of nitrogens with one attached hydrogen (secondary N) is 1. The van der Waals surface area contributed by atoms with Gasteiger partial charge in [-0.1, -0.05) is 44.2 Å². The Morgan fingerprint density at radius 2 is 1.65 bits per heavy atom. The van der Waals surface area contributed by atoms with Crippen molar-refractivity contribution >= 4 is 0 Å². The van der Waals surface area contributed by atoms with Gasteiger partial charge < -0.3 is 5.32 Å². The highest BCUT2D eigenvalue weighted by atomic mass is 15.2. The average Bonchev–Trinajstić information content (AvgIpc) is 2.77. The van der Waals surface area contributed by atoms with Gasteiger partial charge in [0.2, 0.25) is 0 Å². The fraction of sp³-hybridized carbons (Fsp3) is 0.593. The monoisotopic (exact) mass is 420 g/mol. The van der Waals surface area contributed by atoms with Crippen LogP contribution < -0.4 is 5.32 Å². The highest BCUT2D eigenvalue weighted by Gasteiger charge is 2.25. The second-order valence-electron chi connectivity index (χ2n) is 10.0. The van der Waals surface area contributed by atoms with E-state index in [-0.39, 0.29) is 0 Å². The number of aromatic nitrogens is 1. The molecule has 4 rings (SSSR count). The molecule has 0 bridgehead atoms. The molecule has 4 heteroatoms. The van der Waals surface area contributed by atoms with E-state index in [2.05, 4.69) is 70.3 Å². The Morgan fingerprint density at radius 3 is 2.35 bits per heavy atom. The largest absolute Gasteiger partial charge is 0.310 e. The molecule has 0 spiro atoms. The van der Waals surface area contributed by atoms with E-state index in [0.29, 0.717) is 12.1 Å². The summed E-state index contributed by atoms with van der Waals surface area (Å²) < 4.78 is 0. The first kappa shape index (κ1) is 22.4. The van der Waals surface area contributed by atoms with Crippen molar-refractivity contribution in [3.63, 3.8) is 0 Å². The fourth-order valence-electron chi connectivity index (χ4n) is 5.16. The minimum Gasteiger partial charge on any atom is -0.310 e. The Bertz CT molecular complexity index is 766. The minimum atomic E-state index is 0.640. The molecule has 2 fully saturated rings. The Labute approximate surface area is 189 Å². The van der Waals surface area contributed by atoms with E-state index in [4.69, 9.17) is 0 Å². The number of likely N-dealkylation sites (tertiary alicyclic amines) is 2. The number of benzene rings is 1. The Hall–Kier alpha value is -1.75. The van der Waals surface area contributed by atoms with Gasteiger partial charge >= 0.3 is 0 Å². The van der Waals surface area contributed by atoms with Gasteiger partial charge in [0.1, 0.15) is 0 Å². The van der Waals surface area contributed by atoms with Crippen LogP contribution in [0.25, 0.3) is 0 Å². The number of rotatable bonds is 8. The van der Waals surface area contributed by atoms with Crippen LogP contribution in [0, 0.1) is 5.92 Å². The van der Waals surface area contributed by atoms with Crippen LogP contribution in [0.2, 0.25) is 0 Å².